The number of likely N-dealkylation sites (N-methyl/N-ethyl adjacent to an activating group) is 3. The number of likely N-dealkylation sites (tertiary alicyclic amines) is 2. The highest BCUT2D eigenvalue weighted by Crippen LogP contribution is 2.49. The van der Waals surface area contributed by atoms with Crippen LogP contribution in [0.4, 0.5) is 18.9 Å². The van der Waals surface area contributed by atoms with E-state index in [2.05, 4.69) is 114 Å². The predicted octanol–water partition coefficient (Wildman–Crippen LogP) is 4.99. The van der Waals surface area contributed by atoms with Crippen molar-refractivity contribution < 1.29 is 79.5 Å². The van der Waals surface area contributed by atoms with Crippen molar-refractivity contribution in [2.45, 2.75) is 159 Å². The van der Waals surface area contributed by atoms with Gasteiger partial charge in [-0.05, 0) is 159 Å². The van der Waals surface area contributed by atoms with Crippen molar-refractivity contribution in [3.63, 3.8) is 0 Å². The molecule has 32 heteroatoms. The number of fused-ring (bicyclic) bond motifs is 2. The predicted molar refractivity (Wildman–Crippen MR) is 377 cm³/mol. The minimum atomic E-state index is -4.64. The largest absolute Gasteiger partial charge is 0.477 e. The Labute approximate surface area is 588 Å². The minimum Gasteiger partial charge on any atom is -0.477 e. The Kier molecular flexibility index (Phi) is 36.8. The lowest BCUT2D eigenvalue weighted by Gasteiger charge is -2.46. The number of non-ortho nitro benzene ring substituents is 1. The molecule has 7 heterocycles. The summed E-state index contributed by atoms with van der Waals surface area (Å²) in [7, 11) is 19.9. The number of halogens is 4. The number of carboxylic acid groups (broad SMARTS) is 1. The molecule has 1 aromatic carbocycles. The van der Waals surface area contributed by atoms with E-state index in [9.17, 15) is 71.0 Å². The van der Waals surface area contributed by atoms with Gasteiger partial charge in [-0.1, -0.05) is 62.1 Å². The monoisotopic (exact) mass is 1530 g/mol. The highest BCUT2D eigenvalue weighted by Gasteiger charge is 2.61. The molecule has 9 aliphatic rings. The van der Waals surface area contributed by atoms with Crippen LogP contribution in [-0.2, 0) is 43.0 Å². The molecule has 7 aliphatic heterocycles. The second-order valence-electron chi connectivity index (χ2n) is 26.9. The summed E-state index contributed by atoms with van der Waals surface area (Å²) in [4.78, 5) is 98.0. The molecule has 5 saturated heterocycles. The van der Waals surface area contributed by atoms with E-state index in [0.717, 1.165) is 105 Å². The number of carboxylic acids is 1. The number of carbonyl (C=O) groups is 6. The number of aldehydes is 1. The molecule has 2 amide bonds. The van der Waals surface area contributed by atoms with E-state index in [1.807, 2.05) is 42.0 Å². The van der Waals surface area contributed by atoms with Crippen molar-refractivity contribution in [2.75, 3.05) is 133 Å². The molecule has 97 heavy (non-hydrogen) atoms. The number of ether oxygens (including phenoxy) is 1. The number of aliphatic hydroxyl groups is 2. The Morgan fingerprint density at radius 3 is 1.44 bits per heavy atom. The normalized spacial score (nSPS) is 26.0. The summed E-state index contributed by atoms with van der Waals surface area (Å²) in [6.07, 6.45) is 6.84. The zero-order valence-corrected chi connectivity index (χ0v) is 63.4. The molecule has 554 valence electrons. The number of carbonyl (C=O) groups excluding carboxylic acids is 5. The number of aliphatic carboxylic acids is 1. The number of hydrogen-bond donors (Lipinski definition) is 5. The van der Waals surface area contributed by atoms with Crippen LogP contribution >= 0.6 is 31.8 Å². The second-order valence-corrected chi connectivity index (χ2v) is 31.4. The third-order valence-corrected chi connectivity index (χ3v) is 19.5. The van der Waals surface area contributed by atoms with Crippen molar-refractivity contribution in [3.8, 4) is 0 Å². The first-order valence-corrected chi connectivity index (χ1v) is 37.3. The van der Waals surface area contributed by atoms with E-state index in [0.29, 0.717) is 30.7 Å². The fourth-order valence-electron chi connectivity index (χ4n) is 13.6. The zero-order chi connectivity index (χ0) is 73.6. The lowest BCUT2D eigenvalue weighted by molar-refractivity contribution is -0.384. The molecule has 5 N–H and O–H groups in total. The number of alkyl halides is 4. The molecule has 1 unspecified atom stereocenters. The van der Waals surface area contributed by atoms with Gasteiger partial charge in [0.1, 0.15) is 11.4 Å². The van der Waals surface area contributed by atoms with E-state index in [1.165, 1.54) is 67.1 Å². The molecule has 0 radical (unpaired) electrons. The number of amides is 2. The van der Waals surface area contributed by atoms with Gasteiger partial charge in [-0.15, -0.1) is 9.24 Å². The lowest BCUT2D eigenvalue weighted by Crippen LogP contribution is -2.63. The fourth-order valence-corrected chi connectivity index (χ4v) is 14.3. The van der Waals surface area contributed by atoms with Gasteiger partial charge in [-0.25, -0.2) is 14.4 Å². The Morgan fingerprint density at radius 2 is 1.13 bits per heavy atom. The van der Waals surface area contributed by atoms with Crippen LogP contribution < -0.4 is 10.6 Å². The number of aliphatic hydroxyl groups excluding tert-OH is 2. The van der Waals surface area contributed by atoms with Crippen molar-refractivity contribution in [2.24, 2.45) is 23.7 Å². The molecule has 7 fully saturated rings. The van der Waals surface area contributed by atoms with Gasteiger partial charge < -0.3 is 60.1 Å². The van der Waals surface area contributed by atoms with Crippen LogP contribution in [-0.4, -0.2) is 298 Å². The van der Waals surface area contributed by atoms with Gasteiger partial charge in [-0.2, -0.15) is 21.6 Å². The van der Waals surface area contributed by atoms with Gasteiger partial charge in [0, 0.05) is 98.1 Å². The highest BCUT2D eigenvalue weighted by molar-refractivity contribution is 14.1. The number of esters is 2. The lowest BCUT2D eigenvalue weighted by atomic mass is 9.77. The molecular weight excluding hydrogens is 1420 g/mol. The standard InChI is InChI=1S/C24H30N4O7.C17H27N3O4.C7H15N.C6H14N2.C6H12O3S.C2HF3O.C2H7N.CH4IP/c1-13-18(12-26-10-9-17(11-26)25(3)4)21(27-20(13)19(14(2)29)22(27)30)24(32)35-23(31)15-5-7-16(8-6-15)28(33)34;1-9-12(8-19-6-5-11(7-19)18(3)4)15(17(23)24)20-14(9)13(10(2)21)16(20)22;1-8(2)7-5-3-4-6-7;1-8(2)6-3-4-7-5-6;1-10(7,8)9-6-4-2-3-5-6;3-2(4,5)1-6;1-3-2;2-1-3/h5-8,13-14,17,19-20,29H,9-12H2,1-4H3;9-11,13-14,21H,5-8H2,1-4H3,(H,23,24);7H,3-6H2,1-2H3;6-7H,3-5H2,1-2H3;6H,2-5H2,1H3;1H;3H,1-2H3;1,3H2/t13-,14+,17-,19+,20+;9-,10+,11-,13+,14+;;6-;;;;/m00.0..../s1. The quantitative estimate of drug-likeness (QED) is 0.0139. The number of β-lactam (4-membered cyclic amide) rings is 2. The number of benzene rings is 1. The number of hydrogen-bond acceptors (Lipinski definition) is 22. The Balaban J connectivity index is 0.000000337. The number of nitrogens with zero attached hydrogens (tertiary/aromatic N) is 9. The van der Waals surface area contributed by atoms with E-state index in [-0.39, 0.29) is 64.5 Å². The van der Waals surface area contributed by atoms with Gasteiger partial charge in [0.2, 0.25) is 18.1 Å². The molecule has 0 aromatic heterocycles. The average Bonchev–Trinajstić information content (AvgIpc) is 1.57. The minimum absolute atomic E-state index is 0.0149. The average molecular weight is 1530 g/mol. The summed E-state index contributed by atoms with van der Waals surface area (Å²) in [5.41, 5.74) is 1.53. The van der Waals surface area contributed by atoms with Gasteiger partial charge in [0.05, 0.1) is 59.0 Å². The molecule has 2 saturated carbocycles. The van der Waals surface area contributed by atoms with Gasteiger partial charge in [0.25, 0.3) is 15.8 Å². The summed E-state index contributed by atoms with van der Waals surface area (Å²) in [6.45, 7) is 14.0. The zero-order valence-electron chi connectivity index (χ0n) is 59.3. The van der Waals surface area contributed by atoms with Crippen molar-refractivity contribution >= 4 is 83.6 Å². The Hall–Kier alpha value is -4.22. The number of nitro groups is 1. The Morgan fingerprint density at radius 1 is 0.742 bits per heavy atom. The van der Waals surface area contributed by atoms with E-state index in [1.54, 1.807) is 13.8 Å². The summed E-state index contributed by atoms with van der Waals surface area (Å²) in [6, 6.07) is 6.70. The third kappa shape index (κ3) is 26.0. The van der Waals surface area contributed by atoms with Crippen LogP contribution in [0, 0.1) is 33.8 Å². The van der Waals surface area contributed by atoms with Crippen LogP contribution in [0.3, 0.4) is 0 Å². The number of nitro benzene ring substituents is 1. The molecule has 26 nitrogen and oxygen atoms in total. The van der Waals surface area contributed by atoms with Crippen LogP contribution in [0.2, 0.25) is 0 Å². The SMILES string of the molecule is CN(C)C1CCCC1.CN(C)[C@H]1CCNC1.CNC.CS(=O)(=O)OC1CCCC1.C[C@@H](O)[C@H]1C(=O)N2C(C(=O)O)=C(CN3CC[C@H](N(C)C)C3)[C@H](C)[C@H]12.C[C@@H](O)[C@H]1C(=O)N2C(C(=O)OC(=O)c3ccc([N+](=O)[O-])cc3)=C(CN3CC[C@H](N(C)C)C3)[C@H](C)[C@H]12.O=CC(F)(F)F.PCI. The maximum atomic E-state index is 13.2. The smallest absolute Gasteiger partial charge is 0.446 e. The van der Waals surface area contributed by atoms with Crippen LogP contribution in [0.25, 0.3) is 0 Å². The first-order chi connectivity index (χ1) is 45.3. The molecule has 0 bridgehead atoms. The van der Waals surface area contributed by atoms with Crippen molar-refractivity contribution in [1.29, 1.82) is 0 Å². The molecule has 0 spiro atoms. The van der Waals surface area contributed by atoms with Crippen LogP contribution in [0.1, 0.15) is 109 Å². The van der Waals surface area contributed by atoms with Crippen LogP contribution in [0.15, 0.2) is 46.8 Å². The van der Waals surface area contributed by atoms with Gasteiger partial charge in [0.15, 0.2) is 0 Å². The number of nitrogens with one attached hydrogen (secondary N) is 2. The molecular formula is C65H110F3IN11O15PS. The summed E-state index contributed by atoms with van der Waals surface area (Å²) in [5, 5.41) is 46.6. The van der Waals surface area contributed by atoms with Gasteiger partial charge >= 0.3 is 24.1 Å². The fraction of sp³-hybridized carbons (Fsp3) is 0.754. The maximum Gasteiger partial charge on any atom is 0.446 e. The highest BCUT2D eigenvalue weighted by atomic mass is 127. The molecule has 2 aliphatic carbocycles. The molecule has 10 rings (SSSR count). The first kappa shape index (κ1) is 87.0. The first-order valence-electron chi connectivity index (χ1n) is 33.1. The topological polar surface area (TPSA) is 309 Å². The maximum absolute atomic E-state index is 13.2. The summed E-state index contributed by atoms with van der Waals surface area (Å²) < 4.78 is 63.4. The summed E-state index contributed by atoms with van der Waals surface area (Å²) >= 11 is 2.25. The van der Waals surface area contributed by atoms with E-state index in [4.69, 9.17) is 13.7 Å². The van der Waals surface area contributed by atoms with Gasteiger partial charge in [-0.3, -0.25) is 38.5 Å². The number of rotatable bonds is 16. The Bertz CT molecular complexity index is 2870. The van der Waals surface area contributed by atoms with Crippen molar-refractivity contribution in [1.82, 2.24) is 49.8 Å². The second kappa shape index (κ2) is 41.0. The molecule has 12 atom stereocenters. The van der Waals surface area contributed by atoms with E-state index >= 15 is 0 Å². The summed E-state index contributed by atoms with van der Waals surface area (Å²) in [5.74, 6) is -4.89. The molecule has 1 aromatic rings. The van der Waals surface area contributed by atoms with Crippen molar-refractivity contribution in [3.05, 3.63) is 62.5 Å². The van der Waals surface area contributed by atoms with E-state index < -0.39 is 69.5 Å². The van der Waals surface area contributed by atoms with Crippen LogP contribution in [0.5, 0.6) is 0 Å². The third-order valence-electron chi connectivity index (χ3n) is 18.8.